The maximum absolute atomic E-state index is 14.1. The van der Waals surface area contributed by atoms with E-state index in [1.807, 2.05) is 48.5 Å². The van der Waals surface area contributed by atoms with Crippen LogP contribution in [-0.4, -0.2) is 44.5 Å². The van der Waals surface area contributed by atoms with Crippen LogP contribution in [0, 0.1) is 11.8 Å². The first-order valence-electron chi connectivity index (χ1n) is 13.7. The van der Waals surface area contributed by atoms with E-state index in [9.17, 15) is 14.7 Å². The van der Waals surface area contributed by atoms with Crippen molar-refractivity contribution < 1.29 is 38.4 Å². The number of esters is 1. The van der Waals surface area contributed by atoms with Crippen molar-refractivity contribution in [1.29, 1.82) is 0 Å². The number of aliphatic carboxylic acids is 1. The second-order valence-corrected chi connectivity index (χ2v) is 10.2. The van der Waals surface area contributed by atoms with Crippen molar-refractivity contribution in [2.24, 2.45) is 11.8 Å². The Balaban J connectivity index is 1.38. The molecule has 0 aromatic heterocycles. The summed E-state index contributed by atoms with van der Waals surface area (Å²) in [5.41, 5.74) is 2.89. The predicted molar refractivity (Wildman–Crippen MR) is 155 cm³/mol. The second kappa shape index (κ2) is 11.5. The van der Waals surface area contributed by atoms with Gasteiger partial charge >= 0.3 is 11.9 Å². The van der Waals surface area contributed by atoms with Crippen molar-refractivity contribution in [2.45, 2.75) is 11.8 Å². The third kappa shape index (κ3) is 4.79. The van der Waals surface area contributed by atoms with E-state index in [2.05, 4.69) is 0 Å². The fraction of sp³-hybridized carbons (Fsp3) is 0.235. The highest BCUT2D eigenvalue weighted by atomic mass is 16.6. The molecule has 8 nitrogen and oxygen atoms in total. The predicted octanol–water partition coefficient (Wildman–Crippen LogP) is 5.95. The fourth-order valence-electron chi connectivity index (χ4n) is 6.22. The lowest BCUT2D eigenvalue weighted by molar-refractivity contribution is -0.158. The number of carboxylic acid groups (broad SMARTS) is 1. The van der Waals surface area contributed by atoms with Crippen LogP contribution in [0.25, 0.3) is 11.1 Å². The molecule has 8 heteroatoms. The Hall–Kier alpha value is -4.98. The molecule has 2 unspecified atom stereocenters. The Morgan fingerprint density at radius 2 is 1.36 bits per heavy atom. The molecule has 0 saturated heterocycles. The van der Waals surface area contributed by atoms with Gasteiger partial charge in [-0.2, -0.15) is 0 Å². The molecule has 0 radical (unpaired) electrons. The van der Waals surface area contributed by atoms with E-state index in [0.29, 0.717) is 53.1 Å². The molecule has 1 aliphatic carbocycles. The number of carbonyl (C=O) groups excluding carboxylic acids is 1. The van der Waals surface area contributed by atoms with Gasteiger partial charge in [-0.1, -0.05) is 60.7 Å². The van der Waals surface area contributed by atoms with Crippen LogP contribution in [0.5, 0.6) is 28.7 Å². The standard InChI is InChI=1S/C34H30O8/c1-38-25-14-5-3-11-23(25)28-30(33(35)36)29(24-12-4-6-15-26(24)39-2)31(28)34(37)42-21-10-7-9-20(19-21)22-13-8-16-27-32(22)41-18-17-40-27/h3-16,19,28-31H,17-18H2,1-2H3,(H,35,36)/t28?,29?,30-,31-. The Labute approximate surface area is 243 Å². The highest BCUT2D eigenvalue weighted by Gasteiger charge is 2.60. The van der Waals surface area contributed by atoms with E-state index >= 15 is 0 Å². The molecule has 0 amide bonds. The number of fused-ring (bicyclic) bond motifs is 1. The molecular formula is C34H30O8. The normalized spacial score (nSPS) is 20.6. The highest BCUT2D eigenvalue weighted by molar-refractivity contribution is 5.86. The molecule has 4 aromatic carbocycles. The lowest BCUT2D eigenvalue weighted by Crippen LogP contribution is -2.52. The summed E-state index contributed by atoms with van der Waals surface area (Å²) in [5, 5.41) is 10.4. The average molecular weight is 567 g/mol. The van der Waals surface area contributed by atoms with Crippen molar-refractivity contribution in [3.05, 3.63) is 102 Å². The van der Waals surface area contributed by atoms with Crippen molar-refractivity contribution in [3.63, 3.8) is 0 Å². The third-order valence-electron chi connectivity index (χ3n) is 8.03. The van der Waals surface area contributed by atoms with Gasteiger partial charge in [-0.25, -0.2) is 0 Å². The van der Waals surface area contributed by atoms with Gasteiger partial charge in [0.25, 0.3) is 0 Å². The van der Waals surface area contributed by atoms with Crippen LogP contribution >= 0.6 is 0 Å². The van der Waals surface area contributed by atoms with Gasteiger partial charge in [-0.3, -0.25) is 9.59 Å². The number of hydrogen-bond acceptors (Lipinski definition) is 7. The van der Waals surface area contributed by atoms with Crippen molar-refractivity contribution in [1.82, 2.24) is 0 Å². The number of hydrogen-bond donors (Lipinski definition) is 1. The van der Waals surface area contributed by atoms with Gasteiger partial charge in [-0.05, 0) is 47.0 Å². The smallest absolute Gasteiger partial charge is 0.315 e. The van der Waals surface area contributed by atoms with Crippen LogP contribution < -0.4 is 23.7 Å². The van der Waals surface area contributed by atoms with Gasteiger partial charge in [0, 0.05) is 17.4 Å². The number of ether oxygens (including phenoxy) is 5. The van der Waals surface area contributed by atoms with E-state index in [0.717, 1.165) is 11.1 Å². The minimum absolute atomic E-state index is 0.336. The number of carboxylic acids is 1. The molecule has 6 rings (SSSR count). The first-order chi connectivity index (χ1) is 20.5. The molecule has 214 valence electrons. The number of para-hydroxylation sites is 3. The molecule has 0 bridgehead atoms. The van der Waals surface area contributed by atoms with Crippen LogP contribution in [0.3, 0.4) is 0 Å². The van der Waals surface area contributed by atoms with Crippen LogP contribution in [0.4, 0.5) is 0 Å². The van der Waals surface area contributed by atoms with E-state index in [4.69, 9.17) is 23.7 Å². The Bertz CT molecular complexity index is 1570. The quantitative estimate of drug-likeness (QED) is 0.206. The molecule has 1 saturated carbocycles. The summed E-state index contributed by atoms with van der Waals surface area (Å²) in [6.07, 6.45) is 0. The maximum Gasteiger partial charge on any atom is 0.315 e. The van der Waals surface area contributed by atoms with E-state index < -0.39 is 35.6 Å². The van der Waals surface area contributed by atoms with Gasteiger partial charge in [0.15, 0.2) is 11.5 Å². The number of methoxy groups -OCH3 is 2. The summed E-state index contributed by atoms with van der Waals surface area (Å²) in [4.78, 5) is 26.8. The molecule has 1 heterocycles. The first-order valence-corrected chi connectivity index (χ1v) is 13.7. The molecule has 2 atom stereocenters. The molecule has 4 aromatic rings. The Morgan fingerprint density at radius 1 is 0.738 bits per heavy atom. The fourth-order valence-corrected chi connectivity index (χ4v) is 6.22. The van der Waals surface area contributed by atoms with Gasteiger partial charge in [0.05, 0.1) is 26.1 Å². The lowest BCUT2D eigenvalue weighted by Gasteiger charge is -2.49. The molecular weight excluding hydrogens is 536 g/mol. The summed E-state index contributed by atoms with van der Waals surface area (Å²) in [6.45, 7) is 0.924. The molecule has 0 spiro atoms. The zero-order valence-electron chi connectivity index (χ0n) is 23.2. The minimum Gasteiger partial charge on any atom is -0.496 e. The summed E-state index contributed by atoms with van der Waals surface area (Å²) >= 11 is 0. The van der Waals surface area contributed by atoms with Crippen LogP contribution in [0.15, 0.2) is 91.0 Å². The molecule has 1 fully saturated rings. The van der Waals surface area contributed by atoms with Crippen molar-refractivity contribution in [2.75, 3.05) is 27.4 Å². The van der Waals surface area contributed by atoms with Crippen LogP contribution in [-0.2, 0) is 9.59 Å². The van der Waals surface area contributed by atoms with E-state index in [-0.39, 0.29) is 0 Å². The largest absolute Gasteiger partial charge is 0.496 e. The lowest BCUT2D eigenvalue weighted by atomic mass is 9.52. The Kier molecular flexibility index (Phi) is 7.44. The summed E-state index contributed by atoms with van der Waals surface area (Å²) < 4.78 is 28.8. The topological polar surface area (TPSA) is 101 Å². The van der Waals surface area contributed by atoms with Gasteiger partial charge < -0.3 is 28.8 Å². The summed E-state index contributed by atoms with van der Waals surface area (Å²) in [5.74, 6) is -1.97. The monoisotopic (exact) mass is 566 g/mol. The average Bonchev–Trinajstić information content (AvgIpc) is 3.00. The third-order valence-corrected chi connectivity index (χ3v) is 8.03. The zero-order valence-corrected chi connectivity index (χ0v) is 23.2. The number of benzene rings is 4. The number of rotatable bonds is 8. The molecule has 42 heavy (non-hydrogen) atoms. The summed E-state index contributed by atoms with van der Waals surface area (Å²) in [6, 6.07) is 27.2. The zero-order chi connectivity index (χ0) is 29.2. The van der Waals surface area contributed by atoms with Gasteiger partial charge in [-0.15, -0.1) is 0 Å². The molecule has 1 N–H and O–H groups in total. The Morgan fingerprint density at radius 3 is 2.00 bits per heavy atom. The second-order valence-electron chi connectivity index (χ2n) is 10.2. The van der Waals surface area contributed by atoms with Crippen LogP contribution in [0.2, 0.25) is 0 Å². The number of carbonyl (C=O) groups is 2. The molecule has 2 aliphatic rings. The molecule has 1 aliphatic heterocycles. The summed E-state index contributed by atoms with van der Waals surface area (Å²) in [7, 11) is 3.06. The minimum atomic E-state index is -1.01. The highest BCUT2D eigenvalue weighted by Crippen LogP contribution is 2.60. The van der Waals surface area contributed by atoms with E-state index in [1.54, 1.807) is 42.5 Å². The first kappa shape index (κ1) is 27.2. The SMILES string of the molecule is COc1ccccc1C1[C@H](C(=O)O)C(c2ccccc2OC)[C@H]1C(=O)Oc1cccc(-c2cccc3c2OCCO3)c1. The van der Waals surface area contributed by atoms with Gasteiger partial charge in [0.1, 0.15) is 30.5 Å². The van der Waals surface area contributed by atoms with Crippen molar-refractivity contribution >= 4 is 11.9 Å². The maximum atomic E-state index is 14.1. The van der Waals surface area contributed by atoms with E-state index in [1.165, 1.54) is 14.2 Å². The van der Waals surface area contributed by atoms with Gasteiger partial charge in [0.2, 0.25) is 0 Å². The van der Waals surface area contributed by atoms with Crippen LogP contribution in [0.1, 0.15) is 23.0 Å². The van der Waals surface area contributed by atoms with Crippen molar-refractivity contribution in [3.8, 4) is 39.9 Å².